The van der Waals surface area contributed by atoms with Crippen molar-refractivity contribution < 1.29 is 0 Å². The number of rotatable bonds is 15. The number of benzene rings is 4. The number of aromatic nitrogens is 4. The van der Waals surface area contributed by atoms with Gasteiger partial charge in [-0.15, -0.1) is 12.4 Å². The van der Waals surface area contributed by atoms with Gasteiger partial charge in [-0.2, -0.15) is 0 Å². The zero-order valence-electron chi connectivity index (χ0n) is 29.0. The van der Waals surface area contributed by atoms with Crippen LogP contribution in [0.15, 0.2) is 134 Å². The summed E-state index contributed by atoms with van der Waals surface area (Å²) >= 11 is 0. The van der Waals surface area contributed by atoms with Gasteiger partial charge in [0.1, 0.15) is 0 Å². The third-order valence-corrected chi connectivity index (χ3v) is 9.92. The molecular formula is C44H45ClN6. The number of halogens is 1. The van der Waals surface area contributed by atoms with Gasteiger partial charge in [0.2, 0.25) is 0 Å². The van der Waals surface area contributed by atoms with Crippen LogP contribution in [0.25, 0.3) is 43.6 Å². The molecule has 0 unspecified atom stereocenters. The predicted molar refractivity (Wildman–Crippen MR) is 215 cm³/mol. The zero-order chi connectivity index (χ0) is 33.5. The summed E-state index contributed by atoms with van der Waals surface area (Å²) in [7, 11) is 0. The first-order valence-corrected chi connectivity index (χ1v) is 18.0. The normalized spacial score (nSPS) is 11.5. The van der Waals surface area contributed by atoms with Crippen LogP contribution in [0.1, 0.15) is 48.2 Å². The largest absolute Gasteiger partial charge is 0.334 e. The second kappa shape index (κ2) is 16.3. The van der Waals surface area contributed by atoms with Gasteiger partial charge in [-0.3, -0.25) is 9.97 Å². The molecule has 2 N–H and O–H groups in total. The molecule has 0 atom stereocenters. The Labute approximate surface area is 306 Å². The number of para-hydroxylation sites is 2. The second-order valence-corrected chi connectivity index (χ2v) is 13.3. The molecule has 0 aliphatic rings. The summed E-state index contributed by atoms with van der Waals surface area (Å²) in [5.74, 6) is 0. The van der Waals surface area contributed by atoms with E-state index in [0.29, 0.717) is 0 Å². The van der Waals surface area contributed by atoms with E-state index in [2.05, 4.69) is 141 Å². The lowest BCUT2D eigenvalue weighted by molar-refractivity contribution is 0.559. The highest BCUT2D eigenvalue weighted by atomic mass is 35.5. The summed E-state index contributed by atoms with van der Waals surface area (Å²) in [6.45, 7) is 5.18. The molecule has 4 heterocycles. The summed E-state index contributed by atoms with van der Waals surface area (Å²) < 4.78 is 4.88. The van der Waals surface area contributed by atoms with Gasteiger partial charge < -0.3 is 19.8 Å². The number of pyridine rings is 2. The first-order valence-electron chi connectivity index (χ1n) is 18.0. The van der Waals surface area contributed by atoms with Crippen molar-refractivity contribution in [2.45, 2.75) is 51.9 Å². The standard InChI is InChI=1S/C44H44N6.ClH/c1(13-25-45-29-39-43-37(23-27-47-39)35-19-9-11-21-41(35)49(43)31-33-15-5-3-6-16-33)2-14-26-46-30-40-44-38(24-28-48-40)36-20-10-12-22-42(36)50(44)32-34-17-7-4-8-18-34;/h3-12,15-24,27-28,45-46H,1-2,13-14,25-26,29-32H2;1H. The van der Waals surface area contributed by atoms with Crippen molar-refractivity contribution >= 4 is 56.0 Å². The Hall–Kier alpha value is -5.01. The monoisotopic (exact) mass is 692 g/mol. The average molecular weight is 693 g/mol. The molecule has 51 heavy (non-hydrogen) atoms. The molecular weight excluding hydrogens is 648 g/mol. The van der Waals surface area contributed by atoms with Crippen molar-refractivity contribution in [1.29, 1.82) is 0 Å². The molecule has 258 valence electrons. The van der Waals surface area contributed by atoms with Gasteiger partial charge in [0.25, 0.3) is 0 Å². The summed E-state index contributed by atoms with van der Waals surface area (Å²) in [6, 6.07) is 43.2. The highest BCUT2D eigenvalue weighted by Crippen LogP contribution is 2.32. The van der Waals surface area contributed by atoms with Crippen LogP contribution >= 0.6 is 12.4 Å². The Morgan fingerprint density at radius 1 is 0.431 bits per heavy atom. The fourth-order valence-electron chi connectivity index (χ4n) is 7.53. The van der Waals surface area contributed by atoms with Gasteiger partial charge in [-0.25, -0.2) is 0 Å². The summed E-state index contributed by atoms with van der Waals surface area (Å²) in [6.07, 6.45) is 8.65. The van der Waals surface area contributed by atoms with E-state index in [1.807, 2.05) is 12.4 Å². The second-order valence-electron chi connectivity index (χ2n) is 13.3. The van der Waals surface area contributed by atoms with Crippen LogP contribution in [-0.2, 0) is 26.2 Å². The molecule has 0 aliphatic heterocycles. The van der Waals surface area contributed by atoms with E-state index in [9.17, 15) is 0 Å². The van der Waals surface area contributed by atoms with Crippen LogP contribution in [0.4, 0.5) is 0 Å². The van der Waals surface area contributed by atoms with Gasteiger partial charge in [0.15, 0.2) is 0 Å². The van der Waals surface area contributed by atoms with Gasteiger partial charge in [0, 0.05) is 71.2 Å². The fourth-order valence-corrected chi connectivity index (χ4v) is 7.53. The molecule has 4 aromatic heterocycles. The van der Waals surface area contributed by atoms with Crippen molar-refractivity contribution in [3.05, 3.63) is 156 Å². The number of hydrogen-bond acceptors (Lipinski definition) is 4. The molecule has 0 fully saturated rings. The van der Waals surface area contributed by atoms with E-state index in [0.717, 1.165) is 63.5 Å². The maximum atomic E-state index is 4.86. The smallest absolute Gasteiger partial charge is 0.0784 e. The molecule has 8 aromatic rings. The lowest BCUT2D eigenvalue weighted by Gasteiger charge is -2.12. The van der Waals surface area contributed by atoms with E-state index in [-0.39, 0.29) is 12.4 Å². The Kier molecular flexibility index (Phi) is 11.0. The third kappa shape index (κ3) is 7.40. The number of nitrogens with one attached hydrogen (secondary N) is 2. The summed E-state index contributed by atoms with van der Waals surface area (Å²) in [5, 5.41) is 12.5. The Morgan fingerprint density at radius 3 is 1.29 bits per heavy atom. The van der Waals surface area contributed by atoms with Crippen molar-refractivity contribution in [1.82, 2.24) is 29.7 Å². The van der Waals surface area contributed by atoms with Gasteiger partial charge in [-0.1, -0.05) is 110 Å². The molecule has 4 aromatic carbocycles. The first-order chi connectivity index (χ1) is 24.8. The average Bonchev–Trinajstić information content (AvgIpc) is 3.66. The molecule has 0 bridgehead atoms. The van der Waals surface area contributed by atoms with E-state index in [4.69, 9.17) is 9.97 Å². The van der Waals surface area contributed by atoms with Gasteiger partial charge >= 0.3 is 0 Å². The highest BCUT2D eigenvalue weighted by Gasteiger charge is 2.16. The van der Waals surface area contributed by atoms with Crippen LogP contribution in [0.2, 0.25) is 0 Å². The van der Waals surface area contributed by atoms with E-state index >= 15 is 0 Å². The lowest BCUT2D eigenvalue weighted by atomic mass is 10.1. The molecule has 0 aliphatic carbocycles. The number of nitrogens with zero attached hydrogens (tertiary/aromatic N) is 4. The van der Waals surface area contributed by atoms with E-state index in [1.54, 1.807) is 0 Å². The molecule has 0 radical (unpaired) electrons. The minimum Gasteiger partial charge on any atom is -0.334 e. The van der Waals surface area contributed by atoms with Crippen LogP contribution in [0.3, 0.4) is 0 Å². The molecule has 0 saturated carbocycles. The molecule has 6 nitrogen and oxygen atoms in total. The van der Waals surface area contributed by atoms with Crippen LogP contribution in [-0.4, -0.2) is 32.2 Å². The minimum absolute atomic E-state index is 0. The van der Waals surface area contributed by atoms with E-state index < -0.39 is 0 Å². The lowest BCUT2D eigenvalue weighted by Crippen LogP contribution is -2.18. The third-order valence-electron chi connectivity index (χ3n) is 9.92. The molecule has 0 spiro atoms. The molecule has 0 saturated heterocycles. The van der Waals surface area contributed by atoms with Crippen molar-refractivity contribution in [3.63, 3.8) is 0 Å². The quantitative estimate of drug-likeness (QED) is 0.105. The summed E-state index contributed by atoms with van der Waals surface area (Å²) in [4.78, 5) is 9.71. The highest BCUT2D eigenvalue weighted by molar-refractivity contribution is 6.09. The van der Waals surface area contributed by atoms with Crippen LogP contribution in [0, 0.1) is 0 Å². The van der Waals surface area contributed by atoms with Crippen molar-refractivity contribution in [2.75, 3.05) is 13.1 Å². The number of hydrogen-bond donors (Lipinski definition) is 2. The van der Waals surface area contributed by atoms with Crippen molar-refractivity contribution in [3.8, 4) is 0 Å². The minimum atomic E-state index is 0. The number of fused-ring (bicyclic) bond motifs is 6. The number of unbranched alkanes of at least 4 members (excludes halogenated alkanes) is 3. The molecule has 0 amide bonds. The van der Waals surface area contributed by atoms with Gasteiger partial charge in [0.05, 0.1) is 22.4 Å². The van der Waals surface area contributed by atoms with E-state index in [1.165, 1.54) is 67.6 Å². The maximum absolute atomic E-state index is 4.86. The Bertz CT molecular complexity index is 2180. The topological polar surface area (TPSA) is 59.7 Å². The first kappa shape index (κ1) is 34.4. The van der Waals surface area contributed by atoms with Gasteiger partial charge in [-0.05, 0) is 61.3 Å². The fraction of sp³-hybridized carbons (Fsp3) is 0.227. The Balaban J connectivity index is 0.00000406. The van der Waals surface area contributed by atoms with Crippen LogP contribution < -0.4 is 10.6 Å². The van der Waals surface area contributed by atoms with Crippen molar-refractivity contribution in [2.24, 2.45) is 0 Å². The van der Waals surface area contributed by atoms with Crippen LogP contribution in [0.5, 0.6) is 0 Å². The maximum Gasteiger partial charge on any atom is 0.0784 e. The SMILES string of the molecule is Cl.c1ccc(Cn2c3ccccc3c3ccnc(CNCCCCCCNCc4nccc5c6ccccc6n(Cc6ccccc6)c45)c32)cc1. The molecule has 7 heteroatoms. The summed E-state index contributed by atoms with van der Waals surface area (Å²) in [5.41, 5.74) is 9.82. The predicted octanol–water partition coefficient (Wildman–Crippen LogP) is 9.65. The molecule has 8 rings (SSSR count). The zero-order valence-corrected chi connectivity index (χ0v) is 29.8. The Morgan fingerprint density at radius 2 is 0.843 bits per heavy atom.